The topological polar surface area (TPSA) is 84.7 Å². The van der Waals surface area contributed by atoms with E-state index in [0.717, 1.165) is 25.7 Å². The number of hydrazine groups is 1. The Hall–Kier alpha value is -1.89. The molecule has 2 aliphatic heterocycles. The van der Waals surface area contributed by atoms with E-state index in [4.69, 9.17) is 9.15 Å². The van der Waals surface area contributed by atoms with Crippen molar-refractivity contribution in [3.63, 3.8) is 0 Å². The van der Waals surface area contributed by atoms with Crippen molar-refractivity contribution in [2.75, 3.05) is 19.8 Å². The summed E-state index contributed by atoms with van der Waals surface area (Å²) >= 11 is 0. The lowest BCUT2D eigenvalue weighted by atomic mass is 10.0. The largest absolute Gasteiger partial charge is 0.448 e. The third kappa shape index (κ3) is 3.24. The van der Waals surface area contributed by atoms with Crippen molar-refractivity contribution in [2.45, 2.75) is 38.0 Å². The molecule has 0 bridgehead atoms. The summed E-state index contributed by atoms with van der Waals surface area (Å²) in [4.78, 5) is 28.0. The van der Waals surface area contributed by atoms with Gasteiger partial charge in [-0.3, -0.25) is 20.0 Å². The zero-order chi connectivity index (χ0) is 14.7. The van der Waals surface area contributed by atoms with Gasteiger partial charge in [-0.1, -0.05) is 0 Å². The average Bonchev–Trinajstić information content (AvgIpc) is 3.00. The van der Waals surface area contributed by atoms with Gasteiger partial charge in [-0.2, -0.15) is 0 Å². The molecule has 2 saturated heterocycles. The molecular formula is C14H19N3O4. The fourth-order valence-corrected chi connectivity index (χ4v) is 2.63. The average molecular weight is 293 g/mol. The van der Waals surface area contributed by atoms with Crippen molar-refractivity contribution >= 4 is 11.8 Å². The molecule has 7 heteroatoms. The number of nitrogens with one attached hydrogen (secondary N) is 1. The van der Waals surface area contributed by atoms with E-state index in [9.17, 15) is 9.59 Å². The van der Waals surface area contributed by atoms with Crippen molar-refractivity contribution in [1.82, 2.24) is 15.4 Å². The van der Waals surface area contributed by atoms with Gasteiger partial charge in [0.05, 0.1) is 0 Å². The molecule has 2 fully saturated rings. The van der Waals surface area contributed by atoms with Crippen LogP contribution in [0.25, 0.3) is 0 Å². The number of ether oxygens (including phenoxy) is 1. The smallest absolute Gasteiger partial charge is 0.291 e. The summed E-state index contributed by atoms with van der Waals surface area (Å²) in [5.74, 6) is 0.334. The van der Waals surface area contributed by atoms with Crippen LogP contribution in [0.1, 0.15) is 54.4 Å². The summed E-state index contributed by atoms with van der Waals surface area (Å²) in [6, 6.07) is 0. The lowest BCUT2D eigenvalue weighted by Crippen LogP contribution is -2.48. The van der Waals surface area contributed by atoms with Gasteiger partial charge in [0.25, 0.3) is 5.91 Å². The van der Waals surface area contributed by atoms with Crippen molar-refractivity contribution in [3.05, 3.63) is 17.8 Å². The first-order valence-electron chi connectivity index (χ1n) is 7.38. The van der Waals surface area contributed by atoms with Gasteiger partial charge in [0.15, 0.2) is 11.6 Å². The van der Waals surface area contributed by atoms with Gasteiger partial charge in [0, 0.05) is 32.1 Å². The van der Waals surface area contributed by atoms with Gasteiger partial charge in [-0.25, -0.2) is 4.98 Å². The molecule has 0 radical (unpaired) electrons. The van der Waals surface area contributed by atoms with E-state index < -0.39 is 5.91 Å². The summed E-state index contributed by atoms with van der Waals surface area (Å²) in [6.07, 6.45) is 5.32. The van der Waals surface area contributed by atoms with Crippen LogP contribution in [-0.2, 0) is 9.53 Å². The zero-order valence-electron chi connectivity index (χ0n) is 11.8. The van der Waals surface area contributed by atoms with Crippen LogP contribution in [0, 0.1) is 0 Å². The fourth-order valence-electron chi connectivity index (χ4n) is 2.63. The van der Waals surface area contributed by atoms with Gasteiger partial charge < -0.3 is 9.15 Å². The van der Waals surface area contributed by atoms with E-state index >= 15 is 0 Å². The summed E-state index contributed by atoms with van der Waals surface area (Å²) in [7, 11) is 0. The predicted molar refractivity (Wildman–Crippen MR) is 72.3 cm³/mol. The minimum absolute atomic E-state index is 0.0530. The maximum Gasteiger partial charge on any atom is 0.291 e. The first kappa shape index (κ1) is 14.1. The number of carbonyl (C=O) groups is 2. The van der Waals surface area contributed by atoms with E-state index in [0.29, 0.717) is 32.1 Å². The molecule has 0 unspecified atom stereocenters. The maximum absolute atomic E-state index is 12.1. The Balaban J connectivity index is 1.62. The van der Waals surface area contributed by atoms with Gasteiger partial charge in [-0.05, 0) is 25.7 Å². The highest BCUT2D eigenvalue weighted by molar-refractivity contribution is 5.93. The Bertz CT molecular complexity index is 522. The molecule has 7 nitrogen and oxygen atoms in total. The molecule has 2 aliphatic rings. The molecule has 1 aromatic rings. The van der Waals surface area contributed by atoms with E-state index in [1.807, 2.05) is 0 Å². The van der Waals surface area contributed by atoms with Crippen LogP contribution < -0.4 is 5.43 Å². The van der Waals surface area contributed by atoms with E-state index in [-0.39, 0.29) is 17.5 Å². The highest BCUT2D eigenvalue weighted by atomic mass is 16.5. The monoisotopic (exact) mass is 293 g/mol. The lowest BCUT2D eigenvalue weighted by Gasteiger charge is -2.26. The molecule has 0 aromatic carbocycles. The minimum atomic E-state index is -0.396. The molecule has 0 atom stereocenters. The molecule has 21 heavy (non-hydrogen) atoms. The number of nitrogens with zero attached hydrogens (tertiary/aromatic N) is 2. The van der Waals surface area contributed by atoms with Gasteiger partial charge >= 0.3 is 0 Å². The Morgan fingerprint density at radius 1 is 1.33 bits per heavy atom. The number of oxazole rings is 1. The van der Waals surface area contributed by atoms with Crippen LogP contribution in [0.15, 0.2) is 10.7 Å². The number of carbonyl (C=O) groups excluding carboxylic acids is 2. The van der Waals surface area contributed by atoms with Crippen LogP contribution in [-0.4, -0.2) is 41.6 Å². The fraction of sp³-hybridized carbons (Fsp3) is 0.643. The van der Waals surface area contributed by atoms with E-state index in [2.05, 4.69) is 10.4 Å². The normalized spacial score (nSPS) is 20.6. The Labute approximate surface area is 122 Å². The lowest BCUT2D eigenvalue weighted by molar-refractivity contribution is -0.135. The van der Waals surface area contributed by atoms with Crippen molar-refractivity contribution in [3.8, 4) is 0 Å². The number of aromatic nitrogens is 1. The van der Waals surface area contributed by atoms with Gasteiger partial charge in [-0.15, -0.1) is 0 Å². The first-order valence-corrected chi connectivity index (χ1v) is 7.38. The SMILES string of the molecule is O=C(NN1CCCCC1=O)c1coc(C2CCOCC2)n1. The molecule has 3 heterocycles. The molecule has 2 amide bonds. The summed E-state index contributed by atoms with van der Waals surface area (Å²) in [5.41, 5.74) is 2.82. The van der Waals surface area contributed by atoms with Crippen molar-refractivity contribution in [1.29, 1.82) is 0 Å². The quantitative estimate of drug-likeness (QED) is 0.906. The minimum Gasteiger partial charge on any atom is -0.448 e. The summed E-state index contributed by atoms with van der Waals surface area (Å²) in [5, 5.41) is 1.37. The number of hydrogen-bond acceptors (Lipinski definition) is 5. The second-order valence-electron chi connectivity index (χ2n) is 5.40. The second kappa shape index (κ2) is 6.26. The van der Waals surface area contributed by atoms with Crippen LogP contribution in [0.2, 0.25) is 0 Å². The van der Waals surface area contributed by atoms with Crippen LogP contribution >= 0.6 is 0 Å². The van der Waals surface area contributed by atoms with Crippen molar-refractivity contribution in [2.24, 2.45) is 0 Å². The Morgan fingerprint density at radius 2 is 2.14 bits per heavy atom. The Morgan fingerprint density at radius 3 is 2.90 bits per heavy atom. The zero-order valence-corrected chi connectivity index (χ0v) is 11.8. The van der Waals surface area contributed by atoms with Crippen molar-refractivity contribution < 1.29 is 18.7 Å². The molecule has 0 spiro atoms. The Kier molecular flexibility index (Phi) is 4.19. The second-order valence-corrected chi connectivity index (χ2v) is 5.40. The first-order chi connectivity index (χ1) is 10.2. The standard InChI is InChI=1S/C14H19N3O4/c18-12-3-1-2-6-17(12)16-13(19)11-9-21-14(15-11)10-4-7-20-8-5-10/h9-10H,1-8H2,(H,16,19). The third-order valence-electron chi connectivity index (χ3n) is 3.89. The number of hydrogen-bond donors (Lipinski definition) is 1. The van der Waals surface area contributed by atoms with E-state index in [1.54, 1.807) is 0 Å². The third-order valence-corrected chi connectivity index (χ3v) is 3.89. The highest BCUT2D eigenvalue weighted by Crippen LogP contribution is 2.26. The molecular weight excluding hydrogens is 274 g/mol. The molecule has 0 saturated carbocycles. The van der Waals surface area contributed by atoms with E-state index in [1.165, 1.54) is 11.3 Å². The summed E-state index contributed by atoms with van der Waals surface area (Å²) in [6.45, 7) is 1.93. The molecule has 3 rings (SSSR count). The molecule has 1 aromatic heterocycles. The van der Waals surface area contributed by atoms with Gasteiger partial charge in [0.2, 0.25) is 5.91 Å². The highest BCUT2D eigenvalue weighted by Gasteiger charge is 2.25. The van der Waals surface area contributed by atoms with Crippen LogP contribution in [0.3, 0.4) is 0 Å². The van der Waals surface area contributed by atoms with Crippen LogP contribution in [0.4, 0.5) is 0 Å². The number of piperidine rings is 1. The molecule has 0 aliphatic carbocycles. The molecule has 1 N–H and O–H groups in total. The van der Waals surface area contributed by atoms with Crippen LogP contribution in [0.5, 0.6) is 0 Å². The number of rotatable bonds is 3. The van der Waals surface area contributed by atoms with Gasteiger partial charge in [0.1, 0.15) is 6.26 Å². The number of amides is 2. The predicted octanol–water partition coefficient (Wildman–Crippen LogP) is 1.23. The summed E-state index contributed by atoms with van der Waals surface area (Å²) < 4.78 is 10.7. The maximum atomic E-state index is 12.1. The molecule has 114 valence electrons.